The van der Waals surface area contributed by atoms with Gasteiger partial charge in [0, 0.05) is 10.9 Å². The van der Waals surface area contributed by atoms with Crippen LogP contribution in [0.5, 0.6) is 0 Å². The third kappa shape index (κ3) is 1.31. The number of hydrogen-bond donors (Lipinski definition) is 0. The minimum atomic E-state index is 1.04. The van der Waals surface area contributed by atoms with E-state index in [0.29, 0.717) is 0 Å². The van der Waals surface area contributed by atoms with Gasteiger partial charge in [0.15, 0.2) is 0 Å². The van der Waals surface area contributed by atoms with Crippen LogP contribution in [0.2, 0.25) is 0 Å². The van der Waals surface area contributed by atoms with Crippen molar-refractivity contribution in [3.63, 3.8) is 0 Å². The van der Waals surface area contributed by atoms with Gasteiger partial charge in [-0.1, -0.05) is 54.6 Å². The minimum Gasteiger partial charge on any atom is -0.248 e. The van der Waals surface area contributed by atoms with Crippen LogP contribution in [0.3, 0.4) is 0 Å². The molecule has 0 spiro atoms. The molecule has 0 atom stereocenters. The van der Waals surface area contributed by atoms with Gasteiger partial charge in [-0.05, 0) is 23.3 Å². The van der Waals surface area contributed by atoms with E-state index in [1.165, 1.54) is 22.1 Å². The van der Waals surface area contributed by atoms with Gasteiger partial charge in [0.05, 0.1) is 11.2 Å². The molecule has 0 radical (unpaired) electrons. The summed E-state index contributed by atoms with van der Waals surface area (Å²) in [5, 5.41) is 1.28. The smallest absolute Gasteiger partial charge is 0.0721 e. The van der Waals surface area contributed by atoms with Gasteiger partial charge in [-0.25, -0.2) is 4.98 Å². The van der Waals surface area contributed by atoms with Crippen LogP contribution in [0, 0.1) is 0 Å². The minimum absolute atomic E-state index is 1.04. The molecule has 1 nitrogen and oxygen atoms in total. The van der Waals surface area contributed by atoms with E-state index in [-0.39, 0.29) is 0 Å². The highest BCUT2D eigenvalue weighted by atomic mass is 14.7. The van der Waals surface area contributed by atoms with Gasteiger partial charge in [-0.3, -0.25) is 0 Å². The molecule has 2 aromatic carbocycles. The Kier molecular flexibility index (Phi) is 1.89. The van der Waals surface area contributed by atoms with Gasteiger partial charge in [-0.15, -0.1) is 0 Å². The molecule has 1 heterocycles. The van der Waals surface area contributed by atoms with Crippen molar-refractivity contribution in [2.75, 3.05) is 0 Å². The Morgan fingerprint density at radius 3 is 2.44 bits per heavy atom. The van der Waals surface area contributed by atoms with Crippen molar-refractivity contribution in [2.45, 2.75) is 0 Å². The molecule has 0 N–H and O–H groups in total. The first-order valence-electron chi connectivity index (χ1n) is 6.09. The first-order valence-corrected chi connectivity index (χ1v) is 6.09. The number of hydrogen-bond acceptors (Lipinski definition) is 1. The standard InChI is InChI=1S/C17H11N/c1-2-5-12(6-3-1)16-11-14-10-9-13-7-4-8-15(18-16)17(13)14/h1-11H. The van der Waals surface area contributed by atoms with Crippen LogP contribution in [0.25, 0.3) is 34.3 Å². The number of nitrogens with zero attached hydrogens (tertiary/aromatic N) is 1. The highest BCUT2D eigenvalue weighted by molar-refractivity contribution is 6.04. The molecular weight excluding hydrogens is 218 g/mol. The Morgan fingerprint density at radius 1 is 0.722 bits per heavy atom. The molecule has 0 amide bonds. The summed E-state index contributed by atoms with van der Waals surface area (Å²) in [6.45, 7) is 0. The van der Waals surface area contributed by atoms with Crippen LogP contribution in [-0.4, -0.2) is 4.98 Å². The van der Waals surface area contributed by atoms with E-state index in [1.807, 2.05) is 18.2 Å². The molecule has 0 aliphatic heterocycles. The molecule has 18 heavy (non-hydrogen) atoms. The molecule has 3 aromatic rings. The van der Waals surface area contributed by atoms with Crippen LogP contribution in [-0.2, 0) is 0 Å². The van der Waals surface area contributed by atoms with Crippen molar-refractivity contribution >= 4 is 23.1 Å². The predicted octanol–water partition coefficient (Wildman–Crippen LogP) is 4.39. The summed E-state index contributed by atoms with van der Waals surface area (Å²) in [6.07, 6.45) is 4.33. The quantitative estimate of drug-likeness (QED) is 0.472. The average molecular weight is 229 g/mol. The van der Waals surface area contributed by atoms with E-state index in [4.69, 9.17) is 4.98 Å². The SMILES string of the molecule is C1=Cc2cc(-c3ccccc3)nc3cccc1c23. The van der Waals surface area contributed by atoms with Gasteiger partial charge < -0.3 is 0 Å². The molecule has 0 fully saturated rings. The second-order valence-electron chi connectivity index (χ2n) is 4.54. The van der Waals surface area contributed by atoms with Crippen molar-refractivity contribution in [2.24, 2.45) is 0 Å². The molecule has 0 bridgehead atoms. The zero-order valence-corrected chi connectivity index (χ0v) is 9.80. The zero-order valence-electron chi connectivity index (χ0n) is 9.80. The monoisotopic (exact) mass is 229 g/mol. The summed E-state index contributed by atoms with van der Waals surface area (Å²) >= 11 is 0. The number of benzene rings is 2. The van der Waals surface area contributed by atoms with Crippen molar-refractivity contribution < 1.29 is 0 Å². The Hall–Kier alpha value is -2.41. The fraction of sp³-hybridized carbons (Fsp3) is 0. The Labute approximate surface area is 105 Å². The second kappa shape index (κ2) is 3.54. The van der Waals surface area contributed by atoms with Crippen LogP contribution in [0.15, 0.2) is 54.6 Å². The fourth-order valence-corrected chi connectivity index (χ4v) is 2.55. The molecule has 84 valence electrons. The maximum atomic E-state index is 4.77. The number of rotatable bonds is 1. The van der Waals surface area contributed by atoms with Crippen LogP contribution in [0.1, 0.15) is 11.1 Å². The summed E-state index contributed by atoms with van der Waals surface area (Å²) in [7, 11) is 0. The van der Waals surface area contributed by atoms with Gasteiger partial charge in [0.2, 0.25) is 0 Å². The van der Waals surface area contributed by atoms with Crippen LogP contribution >= 0.6 is 0 Å². The lowest BCUT2D eigenvalue weighted by molar-refractivity contribution is 1.39. The molecular formula is C17H11N. The van der Waals surface area contributed by atoms with Crippen molar-refractivity contribution in [3.05, 3.63) is 65.7 Å². The Balaban J connectivity index is 2.04. The molecule has 0 saturated carbocycles. The predicted molar refractivity (Wildman–Crippen MR) is 76.1 cm³/mol. The molecule has 0 saturated heterocycles. The maximum absolute atomic E-state index is 4.77. The largest absolute Gasteiger partial charge is 0.248 e. The molecule has 1 aromatic heterocycles. The Bertz CT molecular complexity index is 770. The molecule has 1 aliphatic carbocycles. The average Bonchev–Trinajstić information content (AvgIpc) is 2.85. The highest BCUT2D eigenvalue weighted by Gasteiger charge is 2.11. The highest BCUT2D eigenvalue weighted by Crippen LogP contribution is 2.32. The molecule has 0 unspecified atom stereocenters. The van der Waals surface area contributed by atoms with Gasteiger partial charge in [-0.2, -0.15) is 0 Å². The third-order valence-corrected chi connectivity index (χ3v) is 3.41. The van der Waals surface area contributed by atoms with E-state index in [2.05, 4.69) is 48.6 Å². The van der Waals surface area contributed by atoms with E-state index in [1.54, 1.807) is 0 Å². The number of pyridine rings is 1. The molecule has 1 heteroatoms. The van der Waals surface area contributed by atoms with E-state index >= 15 is 0 Å². The zero-order chi connectivity index (χ0) is 11.9. The normalized spacial score (nSPS) is 12.2. The third-order valence-electron chi connectivity index (χ3n) is 3.41. The number of aromatic nitrogens is 1. The van der Waals surface area contributed by atoms with Crippen molar-refractivity contribution in [1.82, 2.24) is 4.98 Å². The summed E-state index contributed by atoms with van der Waals surface area (Å²) in [4.78, 5) is 4.77. The topological polar surface area (TPSA) is 12.9 Å². The van der Waals surface area contributed by atoms with Crippen LogP contribution < -0.4 is 0 Å². The van der Waals surface area contributed by atoms with Gasteiger partial charge in [0.1, 0.15) is 0 Å². The fourth-order valence-electron chi connectivity index (χ4n) is 2.55. The summed E-state index contributed by atoms with van der Waals surface area (Å²) in [6, 6.07) is 18.8. The summed E-state index contributed by atoms with van der Waals surface area (Å²) in [5.41, 5.74) is 5.83. The van der Waals surface area contributed by atoms with Crippen molar-refractivity contribution in [1.29, 1.82) is 0 Å². The second-order valence-corrected chi connectivity index (χ2v) is 4.54. The molecule has 4 rings (SSSR count). The Morgan fingerprint density at radius 2 is 1.56 bits per heavy atom. The summed E-state index contributed by atoms with van der Waals surface area (Å²) < 4.78 is 0. The van der Waals surface area contributed by atoms with Gasteiger partial charge >= 0.3 is 0 Å². The van der Waals surface area contributed by atoms with E-state index in [0.717, 1.165) is 11.2 Å². The maximum Gasteiger partial charge on any atom is 0.0721 e. The summed E-state index contributed by atoms with van der Waals surface area (Å²) in [5.74, 6) is 0. The lowest BCUT2D eigenvalue weighted by atomic mass is 10.0. The van der Waals surface area contributed by atoms with Crippen LogP contribution in [0.4, 0.5) is 0 Å². The van der Waals surface area contributed by atoms with E-state index < -0.39 is 0 Å². The van der Waals surface area contributed by atoms with Gasteiger partial charge in [0.25, 0.3) is 0 Å². The van der Waals surface area contributed by atoms with Crippen molar-refractivity contribution in [3.8, 4) is 11.3 Å². The van der Waals surface area contributed by atoms with E-state index in [9.17, 15) is 0 Å². The first kappa shape index (κ1) is 9.60. The molecule has 1 aliphatic rings. The lowest BCUT2D eigenvalue weighted by Gasteiger charge is -2.06. The first-order chi connectivity index (χ1) is 8.92. The lowest BCUT2D eigenvalue weighted by Crippen LogP contribution is -1.88.